The van der Waals surface area contributed by atoms with Gasteiger partial charge in [-0.3, -0.25) is 9.69 Å². The number of rotatable bonds is 9. The second-order valence-electron chi connectivity index (χ2n) is 4.32. The molecule has 2 N–H and O–H groups in total. The van der Waals surface area contributed by atoms with Crippen molar-refractivity contribution in [2.24, 2.45) is 0 Å². The van der Waals surface area contributed by atoms with Crippen molar-refractivity contribution in [3.63, 3.8) is 0 Å². The molecule has 0 saturated carbocycles. The molecule has 6 heteroatoms. The molecule has 0 aliphatic carbocycles. The zero-order chi connectivity index (χ0) is 15.0. The van der Waals surface area contributed by atoms with Crippen LogP contribution in [0, 0.1) is 0 Å². The van der Waals surface area contributed by atoms with Crippen LogP contribution in [0.1, 0.15) is 12.0 Å². The number of ether oxygens (including phenoxy) is 2. The van der Waals surface area contributed by atoms with Gasteiger partial charge in [-0.15, -0.1) is 0 Å². The van der Waals surface area contributed by atoms with Crippen LogP contribution < -0.4 is 9.47 Å². The number of aliphatic hydroxyl groups is 1. The summed E-state index contributed by atoms with van der Waals surface area (Å²) >= 11 is 0. The molecular weight excluding hydrogens is 262 g/mol. The van der Waals surface area contributed by atoms with E-state index in [1.54, 1.807) is 20.3 Å². The fourth-order valence-corrected chi connectivity index (χ4v) is 1.91. The van der Waals surface area contributed by atoms with Gasteiger partial charge in [0.2, 0.25) is 0 Å². The lowest BCUT2D eigenvalue weighted by atomic mass is 10.1. The highest BCUT2D eigenvalue weighted by molar-refractivity contribution is 5.66. The Labute approximate surface area is 118 Å². The van der Waals surface area contributed by atoms with E-state index in [1.807, 2.05) is 17.0 Å². The summed E-state index contributed by atoms with van der Waals surface area (Å²) in [4.78, 5) is 12.5. The number of benzene rings is 1. The molecular formula is C14H21NO5. The fourth-order valence-electron chi connectivity index (χ4n) is 1.91. The Kier molecular flexibility index (Phi) is 6.83. The maximum Gasteiger partial charge on any atom is 0.304 e. The predicted octanol–water partition coefficient (Wildman–Crippen LogP) is 0.973. The van der Waals surface area contributed by atoms with Crippen molar-refractivity contribution >= 4 is 5.97 Å². The first-order valence-electron chi connectivity index (χ1n) is 6.36. The monoisotopic (exact) mass is 283 g/mol. The topological polar surface area (TPSA) is 79.2 Å². The summed E-state index contributed by atoms with van der Waals surface area (Å²) in [6.45, 7) is 1.25. The van der Waals surface area contributed by atoms with Crippen LogP contribution in [0.2, 0.25) is 0 Å². The van der Waals surface area contributed by atoms with E-state index in [-0.39, 0.29) is 13.0 Å². The number of hydrogen-bond acceptors (Lipinski definition) is 5. The zero-order valence-corrected chi connectivity index (χ0v) is 11.8. The van der Waals surface area contributed by atoms with Crippen LogP contribution >= 0.6 is 0 Å². The molecule has 0 saturated heterocycles. The molecule has 1 aromatic rings. The van der Waals surface area contributed by atoms with E-state index in [9.17, 15) is 4.79 Å². The molecule has 0 fully saturated rings. The molecule has 0 heterocycles. The van der Waals surface area contributed by atoms with Gasteiger partial charge < -0.3 is 19.7 Å². The molecule has 6 nitrogen and oxygen atoms in total. The Morgan fingerprint density at radius 1 is 1.25 bits per heavy atom. The van der Waals surface area contributed by atoms with Gasteiger partial charge in [-0.25, -0.2) is 0 Å². The maximum atomic E-state index is 10.7. The van der Waals surface area contributed by atoms with Crippen molar-refractivity contribution in [2.75, 3.05) is 33.9 Å². The number of nitrogens with zero attached hydrogens (tertiary/aromatic N) is 1. The van der Waals surface area contributed by atoms with Crippen molar-refractivity contribution < 1.29 is 24.5 Å². The van der Waals surface area contributed by atoms with Crippen LogP contribution in [0.3, 0.4) is 0 Å². The summed E-state index contributed by atoms with van der Waals surface area (Å²) in [5, 5.41) is 17.8. The van der Waals surface area contributed by atoms with E-state index in [1.165, 1.54) is 0 Å². The number of hydrogen-bond donors (Lipinski definition) is 2. The van der Waals surface area contributed by atoms with Gasteiger partial charge in [0.25, 0.3) is 0 Å². The predicted molar refractivity (Wildman–Crippen MR) is 74.2 cm³/mol. The van der Waals surface area contributed by atoms with Gasteiger partial charge in [-0.05, 0) is 18.2 Å². The molecule has 0 aliphatic heterocycles. The molecule has 112 valence electrons. The zero-order valence-electron chi connectivity index (χ0n) is 11.8. The van der Waals surface area contributed by atoms with Crippen molar-refractivity contribution in [3.05, 3.63) is 23.8 Å². The Hall–Kier alpha value is -1.79. The minimum atomic E-state index is -0.856. The highest BCUT2D eigenvalue weighted by Crippen LogP contribution is 2.25. The molecule has 1 rings (SSSR count). The second-order valence-corrected chi connectivity index (χ2v) is 4.32. The van der Waals surface area contributed by atoms with Crippen LogP contribution in [0.4, 0.5) is 0 Å². The lowest BCUT2D eigenvalue weighted by Gasteiger charge is -2.22. The van der Waals surface area contributed by atoms with Crippen molar-refractivity contribution in [1.82, 2.24) is 4.90 Å². The van der Waals surface area contributed by atoms with E-state index >= 15 is 0 Å². The number of aliphatic carboxylic acids is 1. The van der Waals surface area contributed by atoms with Gasteiger partial charge in [0.15, 0.2) is 0 Å². The van der Waals surface area contributed by atoms with Crippen molar-refractivity contribution in [1.29, 1.82) is 0 Å². The summed E-state index contributed by atoms with van der Waals surface area (Å²) in [7, 11) is 3.17. The third kappa shape index (κ3) is 5.07. The summed E-state index contributed by atoms with van der Waals surface area (Å²) in [6.07, 6.45) is 0.0340. The van der Waals surface area contributed by atoms with Gasteiger partial charge in [0.05, 0.1) is 27.2 Å². The fraction of sp³-hybridized carbons (Fsp3) is 0.500. The summed E-state index contributed by atoms with van der Waals surface area (Å²) in [5.41, 5.74) is 0.894. The quantitative estimate of drug-likeness (QED) is 0.703. The largest absolute Gasteiger partial charge is 0.497 e. The lowest BCUT2D eigenvalue weighted by Crippen LogP contribution is -2.29. The summed E-state index contributed by atoms with van der Waals surface area (Å²) in [5.74, 6) is 0.567. The molecule has 1 aromatic carbocycles. The maximum absolute atomic E-state index is 10.7. The highest BCUT2D eigenvalue weighted by Gasteiger charge is 2.12. The van der Waals surface area contributed by atoms with Crippen molar-refractivity contribution in [3.8, 4) is 11.5 Å². The highest BCUT2D eigenvalue weighted by atomic mass is 16.5. The van der Waals surface area contributed by atoms with E-state index in [2.05, 4.69) is 0 Å². The standard InChI is InChI=1S/C14H21NO5/c1-19-12-3-4-13(20-2)11(9-12)10-15(7-8-16)6-5-14(17)18/h3-4,9,16H,5-8,10H2,1-2H3,(H,17,18). The average molecular weight is 283 g/mol. The first kappa shape index (κ1) is 16.3. The molecule has 20 heavy (non-hydrogen) atoms. The number of aliphatic hydroxyl groups excluding tert-OH is 1. The Morgan fingerprint density at radius 2 is 2.00 bits per heavy atom. The Bertz CT molecular complexity index is 436. The minimum Gasteiger partial charge on any atom is -0.497 e. The number of methoxy groups -OCH3 is 2. The van der Waals surface area contributed by atoms with Crippen LogP contribution in [0.5, 0.6) is 11.5 Å². The number of carboxylic acid groups (broad SMARTS) is 1. The third-order valence-electron chi connectivity index (χ3n) is 2.94. The third-order valence-corrected chi connectivity index (χ3v) is 2.94. The van der Waals surface area contributed by atoms with E-state index in [4.69, 9.17) is 19.7 Å². The van der Waals surface area contributed by atoms with Crippen molar-refractivity contribution in [2.45, 2.75) is 13.0 Å². The van der Waals surface area contributed by atoms with Crippen LogP contribution in [-0.2, 0) is 11.3 Å². The van der Waals surface area contributed by atoms with Gasteiger partial charge in [0, 0.05) is 25.2 Å². The van der Waals surface area contributed by atoms with Crippen LogP contribution in [-0.4, -0.2) is 55.0 Å². The van der Waals surface area contributed by atoms with Gasteiger partial charge >= 0.3 is 5.97 Å². The molecule has 0 aliphatic rings. The second kappa shape index (κ2) is 8.39. The molecule has 0 bridgehead atoms. The Morgan fingerprint density at radius 3 is 2.55 bits per heavy atom. The van der Waals surface area contributed by atoms with E-state index in [0.717, 1.165) is 5.56 Å². The molecule has 0 amide bonds. The number of carboxylic acids is 1. The summed E-state index contributed by atoms with van der Waals surface area (Å²) in [6, 6.07) is 5.46. The van der Waals surface area contributed by atoms with E-state index in [0.29, 0.717) is 31.1 Å². The minimum absolute atomic E-state index is 0.0219. The molecule has 0 radical (unpaired) electrons. The smallest absolute Gasteiger partial charge is 0.304 e. The van der Waals surface area contributed by atoms with Gasteiger partial charge in [-0.2, -0.15) is 0 Å². The Balaban J connectivity index is 2.82. The molecule has 0 unspecified atom stereocenters. The molecule has 0 aromatic heterocycles. The van der Waals surface area contributed by atoms with Crippen LogP contribution in [0.25, 0.3) is 0 Å². The SMILES string of the molecule is COc1ccc(OC)c(CN(CCO)CCC(=O)O)c1. The lowest BCUT2D eigenvalue weighted by molar-refractivity contribution is -0.137. The first-order chi connectivity index (χ1) is 9.60. The van der Waals surface area contributed by atoms with Gasteiger partial charge in [-0.1, -0.05) is 0 Å². The van der Waals surface area contributed by atoms with Crippen LogP contribution in [0.15, 0.2) is 18.2 Å². The number of carbonyl (C=O) groups is 1. The summed E-state index contributed by atoms with van der Waals surface area (Å²) < 4.78 is 10.5. The van der Waals surface area contributed by atoms with Gasteiger partial charge in [0.1, 0.15) is 11.5 Å². The molecule has 0 spiro atoms. The molecule has 0 atom stereocenters. The average Bonchev–Trinajstić information content (AvgIpc) is 2.44. The van der Waals surface area contributed by atoms with E-state index < -0.39 is 5.97 Å². The normalized spacial score (nSPS) is 10.6. The first-order valence-corrected chi connectivity index (χ1v) is 6.36.